The largest absolute Gasteiger partial charge is 0.337 e. The van der Waals surface area contributed by atoms with Gasteiger partial charge in [0.2, 0.25) is 11.6 Å². The van der Waals surface area contributed by atoms with Gasteiger partial charge in [-0.1, -0.05) is 33.2 Å². The van der Waals surface area contributed by atoms with E-state index < -0.39 is 4.92 Å². The van der Waals surface area contributed by atoms with Gasteiger partial charge < -0.3 is 4.52 Å². The van der Waals surface area contributed by atoms with Crippen molar-refractivity contribution in [2.45, 2.75) is 6.54 Å². The molecule has 2 aromatic heterocycles. The summed E-state index contributed by atoms with van der Waals surface area (Å²) in [6.07, 6.45) is 0. The number of nitro benzene ring substituents is 1. The van der Waals surface area contributed by atoms with Crippen LogP contribution in [0.4, 0.5) is 5.69 Å². The van der Waals surface area contributed by atoms with E-state index in [2.05, 4.69) is 41.5 Å². The first-order valence-corrected chi connectivity index (χ1v) is 8.49. The summed E-state index contributed by atoms with van der Waals surface area (Å²) in [6, 6.07) is 13.5. The summed E-state index contributed by atoms with van der Waals surface area (Å²) in [4.78, 5) is 16.0. The molecule has 0 fully saturated rings. The molecule has 0 spiro atoms. The van der Waals surface area contributed by atoms with Crippen molar-refractivity contribution in [1.82, 2.24) is 30.3 Å². The number of halogens is 1. The van der Waals surface area contributed by atoms with Crippen molar-refractivity contribution >= 4 is 21.6 Å². The molecule has 0 saturated carbocycles. The third-order valence-electron chi connectivity index (χ3n) is 3.62. The highest BCUT2D eigenvalue weighted by molar-refractivity contribution is 9.10. The van der Waals surface area contributed by atoms with Gasteiger partial charge in [-0.05, 0) is 29.5 Å². The van der Waals surface area contributed by atoms with Gasteiger partial charge in [0.05, 0.1) is 4.92 Å². The first-order chi connectivity index (χ1) is 13.1. The minimum absolute atomic E-state index is 0.0454. The molecule has 0 saturated heterocycles. The standard InChI is InChI=1S/C16H10BrN7O3/c17-12-6-4-10(5-7-12)16-19-22-23(20-16)9-14-18-15(21-27-14)11-2-1-3-13(8-11)24(25)26/h1-8H,9H2. The molecule has 134 valence electrons. The molecule has 2 aromatic carbocycles. The molecule has 0 atom stereocenters. The zero-order valence-corrected chi connectivity index (χ0v) is 15.1. The lowest BCUT2D eigenvalue weighted by Gasteiger charge is -1.95. The molecule has 4 rings (SSSR count). The first-order valence-electron chi connectivity index (χ1n) is 7.69. The minimum Gasteiger partial charge on any atom is -0.337 e. The molecular weight excluding hydrogens is 418 g/mol. The zero-order chi connectivity index (χ0) is 18.8. The molecule has 27 heavy (non-hydrogen) atoms. The Morgan fingerprint density at radius 1 is 1.11 bits per heavy atom. The number of hydrogen-bond donors (Lipinski definition) is 0. The lowest BCUT2D eigenvalue weighted by Crippen LogP contribution is -2.04. The Hall–Kier alpha value is -3.47. The van der Waals surface area contributed by atoms with E-state index >= 15 is 0 Å². The molecule has 0 bridgehead atoms. The Morgan fingerprint density at radius 3 is 2.70 bits per heavy atom. The van der Waals surface area contributed by atoms with E-state index in [1.165, 1.54) is 16.9 Å². The van der Waals surface area contributed by atoms with E-state index in [9.17, 15) is 10.1 Å². The second-order valence-corrected chi connectivity index (χ2v) is 6.39. The van der Waals surface area contributed by atoms with Gasteiger partial charge in [-0.2, -0.15) is 9.78 Å². The Morgan fingerprint density at radius 2 is 1.93 bits per heavy atom. The Kier molecular flexibility index (Phi) is 4.42. The van der Waals surface area contributed by atoms with Gasteiger partial charge >= 0.3 is 0 Å². The van der Waals surface area contributed by atoms with E-state index in [1.54, 1.807) is 12.1 Å². The molecule has 0 N–H and O–H groups in total. The van der Waals surface area contributed by atoms with Crippen LogP contribution in [-0.4, -0.2) is 35.3 Å². The molecule has 0 aliphatic carbocycles. The fraction of sp³-hybridized carbons (Fsp3) is 0.0625. The molecule has 0 aliphatic heterocycles. The summed E-state index contributed by atoms with van der Waals surface area (Å²) >= 11 is 3.37. The topological polar surface area (TPSA) is 126 Å². The molecule has 11 heteroatoms. The molecule has 0 unspecified atom stereocenters. The van der Waals surface area contributed by atoms with Crippen LogP contribution in [0.1, 0.15) is 5.89 Å². The molecule has 0 aliphatic rings. The van der Waals surface area contributed by atoms with Gasteiger partial charge in [0.25, 0.3) is 11.6 Å². The number of aromatic nitrogens is 6. The van der Waals surface area contributed by atoms with Crippen molar-refractivity contribution in [3.8, 4) is 22.8 Å². The van der Waals surface area contributed by atoms with Crippen molar-refractivity contribution in [1.29, 1.82) is 0 Å². The quantitative estimate of drug-likeness (QED) is 0.351. The van der Waals surface area contributed by atoms with Crippen LogP contribution in [0.3, 0.4) is 0 Å². The maximum atomic E-state index is 10.9. The summed E-state index contributed by atoms with van der Waals surface area (Å²) in [6.45, 7) is 0.130. The summed E-state index contributed by atoms with van der Waals surface area (Å²) in [7, 11) is 0. The molecule has 4 aromatic rings. The van der Waals surface area contributed by atoms with Gasteiger partial charge in [-0.3, -0.25) is 10.1 Å². The Bertz CT molecular complexity index is 1110. The highest BCUT2D eigenvalue weighted by Crippen LogP contribution is 2.22. The van der Waals surface area contributed by atoms with Gasteiger partial charge in [0, 0.05) is 27.7 Å². The molecule has 0 radical (unpaired) electrons. The van der Waals surface area contributed by atoms with Crippen LogP contribution in [0.25, 0.3) is 22.8 Å². The second kappa shape index (κ2) is 7.03. The first kappa shape index (κ1) is 17.0. The maximum absolute atomic E-state index is 10.9. The summed E-state index contributed by atoms with van der Waals surface area (Å²) in [5.41, 5.74) is 1.27. The van der Waals surface area contributed by atoms with Gasteiger partial charge in [-0.15, -0.1) is 10.2 Å². The van der Waals surface area contributed by atoms with Crippen molar-refractivity contribution < 1.29 is 9.45 Å². The lowest BCUT2D eigenvalue weighted by atomic mass is 10.2. The predicted octanol–water partition coefficient (Wildman–Crippen LogP) is 3.11. The van der Waals surface area contributed by atoms with Gasteiger partial charge in [0.1, 0.15) is 6.54 Å². The number of hydrogen-bond acceptors (Lipinski definition) is 8. The van der Waals surface area contributed by atoms with E-state index in [-0.39, 0.29) is 23.9 Å². The van der Waals surface area contributed by atoms with Crippen LogP contribution in [0.5, 0.6) is 0 Å². The van der Waals surface area contributed by atoms with Crippen LogP contribution < -0.4 is 0 Å². The summed E-state index contributed by atoms with van der Waals surface area (Å²) in [5.74, 6) is 0.985. The second-order valence-electron chi connectivity index (χ2n) is 5.47. The zero-order valence-electron chi connectivity index (χ0n) is 13.6. The Balaban J connectivity index is 1.52. The fourth-order valence-corrected chi connectivity index (χ4v) is 2.60. The van der Waals surface area contributed by atoms with E-state index in [0.717, 1.165) is 10.0 Å². The highest BCUT2D eigenvalue weighted by atomic mass is 79.9. The van der Waals surface area contributed by atoms with Crippen molar-refractivity contribution in [3.63, 3.8) is 0 Å². The summed E-state index contributed by atoms with van der Waals surface area (Å²) < 4.78 is 6.14. The third-order valence-corrected chi connectivity index (χ3v) is 4.14. The predicted molar refractivity (Wildman–Crippen MR) is 96.4 cm³/mol. The SMILES string of the molecule is O=[N+]([O-])c1cccc(-c2noc(Cn3nnc(-c4ccc(Br)cc4)n3)n2)c1. The Labute approximate surface area is 160 Å². The van der Waals surface area contributed by atoms with Crippen molar-refractivity contribution in [2.24, 2.45) is 0 Å². The number of benzene rings is 2. The lowest BCUT2D eigenvalue weighted by molar-refractivity contribution is -0.384. The fourth-order valence-electron chi connectivity index (χ4n) is 2.34. The van der Waals surface area contributed by atoms with Gasteiger partial charge in [0.15, 0.2) is 0 Å². The highest BCUT2D eigenvalue weighted by Gasteiger charge is 2.14. The van der Waals surface area contributed by atoms with E-state index in [0.29, 0.717) is 11.4 Å². The third kappa shape index (κ3) is 3.72. The average Bonchev–Trinajstić information content (AvgIpc) is 3.33. The van der Waals surface area contributed by atoms with Gasteiger partial charge in [-0.25, -0.2) is 0 Å². The number of rotatable bonds is 5. The van der Waals surface area contributed by atoms with Crippen LogP contribution in [-0.2, 0) is 6.54 Å². The van der Waals surface area contributed by atoms with Crippen LogP contribution >= 0.6 is 15.9 Å². The molecule has 0 amide bonds. The molecule has 10 nitrogen and oxygen atoms in total. The molecular formula is C16H10BrN7O3. The normalized spacial score (nSPS) is 10.9. The number of non-ortho nitro benzene ring substituents is 1. The average molecular weight is 428 g/mol. The van der Waals surface area contributed by atoms with Crippen LogP contribution in [0.2, 0.25) is 0 Å². The van der Waals surface area contributed by atoms with Crippen LogP contribution in [0, 0.1) is 10.1 Å². The minimum atomic E-state index is -0.479. The van der Waals surface area contributed by atoms with E-state index in [1.807, 2.05) is 24.3 Å². The smallest absolute Gasteiger partial charge is 0.270 e. The molecule has 2 heterocycles. The monoisotopic (exact) mass is 427 g/mol. The summed E-state index contributed by atoms with van der Waals surface area (Å²) in [5, 5.41) is 27.0. The van der Waals surface area contributed by atoms with Crippen molar-refractivity contribution in [2.75, 3.05) is 0 Å². The number of nitrogens with zero attached hydrogens (tertiary/aromatic N) is 7. The number of tetrazole rings is 1. The van der Waals surface area contributed by atoms with Crippen molar-refractivity contribution in [3.05, 3.63) is 69.0 Å². The number of nitro groups is 1. The maximum Gasteiger partial charge on any atom is 0.270 e. The van der Waals surface area contributed by atoms with E-state index in [4.69, 9.17) is 4.52 Å². The van der Waals surface area contributed by atoms with Crippen LogP contribution in [0.15, 0.2) is 57.5 Å².